The van der Waals surface area contributed by atoms with Crippen LogP contribution in [0.2, 0.25) is 0 Å². The summed E-state index contributed by atoms with van der Waals surface area (Å²) in [7, 11) is 0. The van der Waals surface area contributed by atoms with Gasteiger partial charge in [-0.3, -0.25) is 9.78 Å². The number of alkyl halides is 3. The van der Waals surface area contributed by atoms with Crippen molar-refractivity contribution in [1.82, 2.24) is 25.3 Å². The molecule has 1 amide bonds. The second-order valence-electron chi connectivity index (χ2n) is 7.62. The molecule has 2 aromatic heterocycles. The van der Waals surface area contributed by atoms with Gasteiger partial charge in [0.15, 0.2) is 0 Å². The molecule has 0 unspecified atom stereocenters. The van der Waals surface area contributed by atoms with Crippen LogP contribution in [0.3, 0.4) is 0 Å². The van der Waals surface area contributed by atoms with E-state index in [4.69, 9.17) is 9.47 Å². The van der Waals surface area contributed by atoms with Crippen molar-refractivity contribution in [3.05, 3.63) is 66.0 Å². The van der Waals surface area contributed by atoms with Gasteiger partial charge in [-0.05, 0) is 36.4 Å². The van der Waals surface area contributed by atoms with Crippen LogP contribution in [0.25, 0.3) is 11.4 Å². The number of rotatable bonds is 4. The van der Waals surface area contributed by atoms with Crippen molar-refractivity contribution in [2.45, 2.75) is 30.5 Å². The minimum absolute atomic E-state index is 0.132. The van der Waals surface area contributed by atoms with E-state index in [0.717, 1.165) is 24.3 Å². The van der Waals surface area contributed by atoms with Crippen LogP contribution in [-0.4, -0.2) is 57.3 Å². The first-order chi connectivity index (χ1) is 15.4. The maximum atomic E-state index is 12.7. The van der Waals surface area contributed by atoms with E-state index in [-0.39, 0.29) is 24.3 Å². The second-order valence-corrected chi connectivity index (χ2v) is 7.62. The van der Waals surface area contributed by atoms with Crippen LogP contribution in [0.15, 0.2) is 54.9 Å². The number of halogens is 3. The Balaban J connectivity index is 1.25. The molecule has 0 saturated carbocycles. The van der Waals surface area contributed by atoms with E-state index in [1.807, 2.05) is 18.2 Å². The second kappa shape index (κ2) is 7.99. The van der Waals surface area contributed by atoms with Gasteiger partial charge in [0.2, 0.25) is 0 Å². The zero-order valence-electron chi connectivity index (χ0n) is 16.6. The lowest BCUT2D eigenvalue weighted by Crippen LogP contribution is -2.44. The van der Waals surface area contributed by atoms with E-state index >= 15 is 0 Å². The molecule has 4 atom stereocenters. The third kappa shape index (κ3) is 3.84. The van der Waals surface area contributed by atoms with Gasteiger partial charge in [0, 0.05) is 11.8 Å². The van der Waals surface area contributed by atoms with Crippen molar-refractivity contribution in [3.8, 4) is 11.4 Å². The van der Waals surface area contributed by atoms with Gasteiger partial charge in [-0.15, -0.1) is 5.10 Å². The standard InChI is InChI=1S/C21H18F3N5O3/c22-21(23,24)13-6-4-12(5-7-13)20(30)26-16-10-31-19-17(11-32-18(16)19)29-9-15(27-28-29)14-3-1-2-8-25-14/h1-9,16-19H,10-11H2,(H,26,30)/t16-,17-,18+,19+/m0/s1. The minimum atomic E-state index is -4.45. The molecule has 0 radical (unpaired) electrons. The van der Waals surface area contributed by atoms with Crippen LogP contribution in [0.5, 0.6) is 0 Å². The Hall–Kier alpha value is -3.31. The molecule has 166 valence electrons. The number of hydrogen-bond donors (Lipinski definition) is 1. The Morgan fingerprint density at radius 1 is 1.03 bits per heavy atom. The largest absolute Gasteiger partial charge is 0.416 e. The van der Waals surface area contributed by atoms with Crippen molar-refractivity contribution in [2.75, 3.05) is 13.2 Å². The van der Waals surface area contributed by atoms with E-state index < -0.39 is 29.8 Å². The number of carbonyl (C=O) groups is 1. The highest BCUT2D eigenvalue weighted by atomic mass is 19.4. The molecule has 11 heteroatoms. The third-order valence-corrected chi connectivity index (χ3v) is 5.60. The van der Waals surface area contributed by atoms with Gasteiger partial charge in [-0.1, -0.05) is 11.3 Å². The number of fused-ring (bicyclic) bond motifs is 1. The Kier molecular flexibility index (Phi) is 5.14. The van der Waals surface area contributed by atoms with Gasteiger partial charge in [0.1, 0.15) is 23.9 Å². The van der Waals surface area contributed by atoms with E-state index in [9.17, 15) is 18.0 Å². The fourth-order valence-electron chi connectivity index (χ4n) is 3.96. The highest BCUT2D eigenvalue weighted by Crippen LogP contribution is 2.34. The molecule has 0 bridgehead atoms. The molecule has 2 aliphatic heterocycles. The fraction of sp³-hybridized carbons (Fsp3) is 0.333. The zero-order chi connectivity index (χ0) is 22.3. The molecule has 8 nitrogen and oxygen atoms in total. The van der Waals surface area contributed by atoms with Crippen molar-refractivity contribution < 1.29 is 27.4 Å². The highest BCUT2D eigenvalue weighted by molar-refractivity contribution is 5.94. The monoisotopic (exact) mass is 445 g/mol. The average molecular weight is 445 g/mol. The summed E-state index contributed by atoms with van der Waals surface area (Å²) in [6.45, 7) is 0.549. The summed E-state index contributed by atoms with van der Waals surface area (Å²) >= 11 is 0. The predicted molar refractivity (Wildman–Crippen MR) is 104 cm³/mol. The maximum absolute atomic E-state index is 12.7. The summed E-state index contributed by atoms with van der Waals surface area (Å²) in [6.07, 6.45) is -1.75. The van der Waals surface area contributed by atoms with E-state index in [1.54, 1.807) is 17.1 Å². The van der Waals surface area contributed by atoms with Crippen molar-refractivity contribution in [1.29, 1.82) is 0 Å². The molecule has 3 aromatic rings. The molecular formula is C21H18F3N5O3. The van der Waals surface area contributed by atoms with Gasteiger partial charge >= 0.3 is 6.18 Å². The summed E-state index contributed by atoms with van der Waals surface area (Å²) in [5, 5.41) is 11.2. The number of nitrogens with zero attached hydrogens (tertiary/aromatic N) is 4. The molecule has 32 heavy (non-hydrogen) atoms. The van der Waals surface area contributed by atoms with Crippen molar-refractivity contribution in [2.24, 2.45) is 0 Å². The smallest absolute Gasteiger partial charge is 0.371 e. The number of aromatic nitrogens is 4. The van der Waals surface area contributed by atoms with E-state index in [2.05, 4.69) is 20.6 Å². The molecule has 2 aliphatic rings. The van der Waals surface area contributed by atoms with Crippen LogP contribution < -0.4 is 5.32 Å². The molecule has 5 rings (SSSR count). The molecule has 0 aliphatic carbocycles. The first-order valence-corrected chi connectivity index (χ1v) is 9.95. The molecule has 1 aromatic carbocycles. The van der Waals surface area contributed by atoms with Crippen LogP contribution in [0.4, 0.5) is 13.2 Å². The fourth-order valence-corrected chi connectivity index (χ4v) is 3.96. The lowest BCUT2D eigenvalue weighted by molar-refractivity contribution is -0.137. The summed E-state index contributed by atoms with van der Waals surface area (Å²) < 4.78 is 51.6. The number of carbonyl (C=O) groups excluding carboxylic acids is 1. The zero-order valence-corrected chi connectivity index (χ0v) is 16.6. The quantitative estimate of drug-likeness (QED) is 0.664. The minimum Gasteiger partial charge on any atom is -0.371 e. The number of amides is 1. The SMILES string of the molecule is O=C(N[C@H]1CO[C@H]2[C@@H]1OC[C@@H]2n1cc(-c2ccccn2)nn1)c1ccc(C(F)(F)F)cc1. The molecular weight excluding hydrogens is 427 g/mol. The Bertz CT molecular complexity index is 1100. The van der Waals surface area contributed by atoms with Gasteiger partial charge in [0.25, 0.3) is 5.91 Å². The van der Waals surface area contributed by atoms with Crippen LogP contribution in [0, 0.1) is 0 Å². The van der Waals surface area contributed by atoms with Gasteiger partial charge in [0.05, 0.1) is 36.7 Å². The lowest BCUT2D eigenvalue weighted by Gasteiger charge is -2.18. The van der Waals surface area contributed by atoms with Gasteiger partial charge in [-0.25, -0.2) is 4.68 Å². The molecule has 4 heterocycles. The van der Waals surface area contributed by atoms with Crippen LogP contribution in [0.1, 0.15) is 22.0 Å². The summed E-state index contributed by atoms with van der Waals surface area (Å²) in [4.78, 5) is 16.8. The number of pyridine rings is 1. The highest BCUT2D eigenvalue weighted by Gasteiger charge is 2.49. The van der Waals surface area contributed by atoms with Crippen molar-refractivity contribution >= 4 is 5.91 Å². The number of nitrogens with one attached hydrogen (secondary N) is 1. The lowest BCUT2D eigenvalue weighted by atomic mass is 10.1. The molecule has 0 spiro atoms. The van der Waals surface area contributed by atoms with Crippen molar-refractivity contribution in [3.63, 3.8) is 0 Å². The first-order valence-electron chi connectivity index (χ1n) is 9.95. The number of benzene rings is 1. The van der Waals surface area contributed by atoms with Crippen LogP contribution >= 0.6 is 0 Å². The molecule has 1 N–H and O–H groups in total. The molecule has 2 saturated heterocycles. The van der Waals surface area contributed by atoms with Crippen LogP contribution in [-0.2, 0) is 15.7 Å². The normalized spacial score (nSPS) is 25.0. The molecule has 2 fully saturated rings. The van der Waals surface area contributed by atoms with E-state index in [1.165, 1.54) is 0 Å². The summed E-state index contributed by atoms with van der Waals surface area (Å²) in [6, 6.07) is 8.92. The summed E-state index contributed by atoms with van der Waals surface area (Å²) in [5.74, 6) is -0.488. The topological polar surface area (TPSA) is 91.2 Å². The predicted octanol–water partition coefficient (Wildman–Crippen LogP) is 2.50. The Morgan fingerprint density at radius 2 is 1.81 bits per heavy atom. The number of ether oxygens (including phenoxy) is 2. The number of hydrogen-bond acceptors (Lipinski definition) is 6. The first kappa shape index (κ1) is 20.6. The summed E-state index contributed by atoms with van der Waals surface area (Å²) in [5.41, 5.74) is 0.646. The average Bonchev–Trinajstić information content (AvgIpc) is 3.51. The Morgan fingerprint density at radius 3 is 2.53 bits per heavy atom. The third-order valence-electron chi connectivity index (χ3n) is 5.60. The van der Waals surface area contributed by atoms with Gasteiger partial charge in [-0.2, -0.15) is 13.2 Å². The van der Waals surface area contributed by atoms with Gasteiger partial charge < -0.3 is 14.8 Å². The maximum Gasteiger partial charge on any atom is 0.416 e. The Labute approximate surface area is 180 Å². The van der Waals surface area contributed by atoms with E-state index in [0.29, 0.717) is 18.0 Å².